The van der Waals surface area contributed by atoms with Crippen LogP contribution < -0.4 is 10.9 Å². The standard InChI is InChI=1S/C18H16N4O3S/c19-8-4-9-20-16(23)12-26-18-21-15-7-2-1-6-14(15)17(24)22(18)11-13-5-3-10-25-13/h1-3,5-7,10H,4,9,11-12H2,(H,20,23). The Labute approximate surface area is 153 Å². The number of rotatable bonds is 7. The third-order valence-electron chi connectivity index (χ3n) is 3.61. The lowest BCUT2D eigenvalue weighted by Gasteiger charge is -2.12. The molecule has 0 spiro atoms. The first kappa shape index (κ1) is 17.8. The van der Waals surface area contributed by atoms with E-state index in [1.807, 2.05) is 12.1 Å². The van der Waals surface area contributed by atoms with Gasteiger partial charge < -0.3 is 9.73 Å². The van der Waals surface area contributed by atoms with Gasteiger partial charge in [-0.3, -0.25) is 14.2 Å². The van der Waals surface area contributed by atoms with Gasteiger partial charge in [-0.15, -0.1) is 0 Å². The van der Waals surface area contributed by atoms with E-state index in [2.05, 4.69) is 10.3 Å². The Morgan fingerprint density at radius 1 is 1.31 bits per heavy atom. The molecule has 7 nitrogen and oxygen atoms in total. The average molecular weight is 368 g/mol. The van der Waals surface area contributed by atoms with Crippen molar-refractivity contribution in [2.45, 2.75) is 18.1 Å². The molecule has 2 heterocycles. The number of carbonyl (C=O) groups excluding carboxylic acids is 1. The van der Waals surface area contributed by atoms with Crippen molar-refractivity contribution in [3.05, 3.63) is 58.8 Å². The van der Waals surface area contributed by atoms with Crippen LogP contribution in [0.4, 0.5) is 0 Å². The molecular weight excluding hydrogens is 352 g/mol. The predicted molar refractivity (Wildman–Crippen MR) is 97.8 cm³/mol. The molecule has 1 amide bonds. The summed E-state index contributed by atoms with van der Waals surface area (Å²) in [4.78, 5) is 29.3. The lowest BCUT2D eigenvalue weighted by Crippen LogP contribution is -2.27. The maximum Gasteiger partial charge on any atom is 0.262 e. The molecular formula is C18H16N4O3S. The molecule has 2 aromatic heterocycles. The highest BCUT2D eigenvalue weighted by Gasteiger charge is 2.14. The van der Waals surface area contributed by atoms with E-state index in [0.29, 0.717) is 28.4 Å². The molecule has 0 aliphatic heterocycles. The smallest absolute Gasteiger partial charge is 0.262 e. The number of nitriles is 1. The average Bonchev–Trinajstić information content (AvgIpc) is 3.16. The second-order valence-electron chi connectivity index (χ2n) is 5.43. The van der Waals surface area contributed by atoms with Crippen molar-refractivity contribution in [1.82, 2.24) is 14.9 Å². The van der Waals surface area contributed by atoms with E-state index in [1.165, 1.54) is 16.3 Å². The normalized spacial score (nSPS) is 10.6. The lowest BCUT2D eigenvalue weighted by molar-refractivity contribution is -0.118. The molecule has 3 rings (SSSR count). The van der Waals surface area contributed by atoms with Gasteiger partial charge in [0.05, 0.1) is 42.0 Å². The second kappa shape index (κ2) is 8.36. The monoisotopic (exact) mass is 368 g/mol. The Morgan fingerprint density at radius 3 is 2.92 bits per heavy atom. The Bertz CT molecular complexity index is 1010. The van der Waals surface area contributed by atoms with Crippen LogP contribution in [0.5, 0.6) is 0 Å². The Morgan fingerprint density at radius 2 is 2.15 bits per heavy atom. The van der Waals surface area contributed by atoms with E-state index >= 15 is 0 Å². The first-order chi connectivity index (χ1) is 12.7. The van der Waals surface area contributed by atoms with Gasteiger partial charge in [-0.05, 0) is 24.3 Å². The van der Waals surface area contributed by atoms with Crippen LogP contribution in [0.2, 0.25) is 0 Å². The molecule has 0 fully saturated rings. The van der Waals surface area contributed by atoms with E-state index < -0.39 is 0 Å². The summed E-state index contributed by atoms with van der Waals surface area (Å²) >= 11 is 1.18. The van der Waals surface area contributed by atoms with Crippen LogP contribution in [0.15, 0.2) is 57.0 Å². The number of para-hydroxylation sites is 1. The van der Waals surface area contributed by atoms with E-state index in [1.54, 1.807) is 36.6 Å². The molecule has 0 saturated carbocycles. The maximum atomic E-state index is 12.9. The Kier molecular flexibility index (Phi) is 5.71. The van der Waals surface area contributed by atoms with Crippen molar-refractivity contribution in [2.75, 3.05) is 12.3 Å². The molecule has 0 saturated heterocycles. The summed E-state index contributed by atoms with van der Waals surface area (Å²) in [6, 6.07) is 12.6. The number of furan rings is 1. The lowest BCUT2D eigenvalue weighted by atomic mass is 10.2. The fraction of sp³-hybridized carbons (Fsp3) is 0.222. The van der Waals surface area contributed by atoms with Crippen molar-refractivity contribution in [1.29, 1.82) is 5.26 Å². The van der Waals surface area contributed by atoms with Crippen LogP contribution in [-0.2, 0) is 11.3 Å². The van der Waals surface area contributed by atoms with Crippen LogP contribution in [0.1, 0.15) is 12.2 Å². The van der Waals surface area contributed by atoms with Gasteiger partial charge in [0.15, 0.2) is 5.16 Å². The number of nitrogens with zero attached hydrogens (tertiary/aromatic N) is 3. The molecule has 3 aromatic rings. The highest BCUT2D eigenvalue weighted by Crippen LogP contribution is 2.19. The first-order valence-corrected chi connectivity index (χ1v) is 8.96. The zero-order valence-corrected chi connectivity index (χ0v) is 14.7. The number of nitrogens with one attached hydrogen (secondary N) is 1. The van der Waals surface area contributed by atoms with Gasteiger partial charge in [-0.1, -0.05) is 23.9 Å². The number of aromatic nitrogens is 2. The largest absolute Gasteiger partial charge is 0.467 e. The summed E-state index contributed by atoms with van der Waals surface area (Å²) in [6.45, 7) is 0.544. The minimum absolute atomic E-state index is 0.106. The van der Waals surface area contributed by atoms with Gasteiger partial charge in [0.2, 0.25) is 5.91 Å². The minimum atomic E-state index is -0.211. The topological polar surface area (TPSA) is 101 Å². The summed E-state index contributed by atoms with van der Waals surface area (Å²) in [5, 5.41) is 12.1. The summed E-state index contributed by atoms with van der Waals surface area (Å²) in [6.07, 6.45) is 1.80. The number of amides is 1. The van der Waals surface area contributed by atoms with Crippen molar-refractivity contribution in [3.8, 4) is 6.07 Å². The Balaban J connectivity index is 1.88. The van der Waals surface area contributed by atoms with E-state index in [9.17, 15) is 9.59 Å². The number of thioether (sulfide) groups is 1. The zero-order valence-electron chi connectivity index (χ0n) is 13.8. The molecule has 132 valence electrons. The van der Waals surface area contributed by atoms with Crippen LogP contribution >= 0.6 is 11.8 Å². The zero-order chi connectivity index (χ0) is 18.4. The number of fused-ring (bicyclic) bond motifs is 1. The third-order valence-corrected chi connectivity index (χ3v) is 4.59. The van der Waals surface area contributed by atoms with Crippen molar-refractivity contribution >= 4 is 28.6 Å². The summed E-state index contributed by atoms with van der Waals surface area (Å²) in [5.41, 5.74) is 0.403. The van der Waals surface area contributed by atoms with Crippen molar-refractivity contribution < 1.29 is 9.21 Å². The van der Waals surface area contributed by atoms with Crippen LogP contribution in [0.3, 0.4) is 0 Å². The van der Waals surface area contributed by atoms with Gasteiger partial charge >= 0.3 is 0 Å². The molecule has 0 unspecified atom stereocenters. The molecule has 0 aliphatic carbocycles. The minimum Gasteiger partial charge on any atom is -0.467 e. The molecule has 0 atom stereocenters. The Hall–Kier alpha value is -3.05. The molecule has 0 bridgehead atoms. The van der Waals surface area contributed by atoms with Crippen LogP contribution in [0.25, 0.3) is 10.9 Å². The SMILES string of the molecule is N#CCCNC(=O)CSc1nc2ccccc2c(=O)n1Cc1ccco1. The molecule has 1 N–H and O–H groups in total. The fourth-order valence-electron chi connectivity index (χ4n) is 2.39. The van der Waals surface area contributed by atoms with Gasteiger partial charge in [-0.25, -0.2) is 4.98 Å². The second-order valence-corrected chi connectivity index (χ2v) is 6.37. The van der Waals surface area contributed by atoms with Gasteiger partial charge in [-0.2, -0.15) is 5.26 Å². The number of hydrogen-bond acceptors (Lipinski definition) is 6. The van der Waals surface area contributed by atoms with E-state index in [4.69, 9.17) is 9.68 Å². The highest BCUT2D eigenvalue weighted by atomic mass is 32.2. The molecule has 0 aliphatic rings. The van der Waals surface area contributed by atoms with Crippen molar-refractivity contribution in [3.63, 3.8) is 0 Å². The van der Waals surface area contributed by atoms with Gasteiger partial charge in [0, 0.05) is 6.54 Å². The van der Waals surface area contributed by atoms with Crippen LogP contribution in [-0.4, -0.2) is 27.8 Å². The number of hydrogen-bond donors (Lipinski definition) is 1. The number of benzene rings is 1. The highest BCUT2D eigenvalue weighted by molar-refractivity contribution is 7.99. The maximum absolute atomic E-state index is 12.9. The fourth-order valence-corrected chi connectivity index (χ4v) is 3.22. The van der Waals surface area contributed by atoms with Crippen LogP contribution in [0, 0.1) is 11.3 Å². The summed E-state index contributed by atoms with van der Waals surface area (Å²) < 4.78 is 6.85. The van der Waals surface area contributed by atoms with E-state index in [-0.39, 0.29) is 30.2 Å². The first-order valence-electron chi connectivity index (χ1n) is 7.97. The number of carbonyl (C=O) groups is 1. The van der Waals surface area contributed by atoms with Gasteiger partial charge in [0.25, 0.3) is 5.56 Å². The van der Waals surface area contributed by atoms with Crippen molar-refractivity contribution in [2.24, 2.45) is 0 Å². The van der Waals surface area contributed by atoms with E-state index in [0.717, 1.165) is 0 Å². The predicted octanol–water partition coefficient (Wildman–Crippen LogP) is 2.16. The molecule has 26 heavy (non-hydrogen) atoms. The molecule has 8 heteroatoms. The summed E-state index contributed by atoms with van der Waals surface area (Å²) in [7, 11) is 0. The quantitative estimate of drug-likeness (QED) is 0.390. The molecule has 0 radical (unpaired) electrons. The summed E-state index contributed by atoms with van der Waals surface area (Å²) in [5.74, 6) is 0.524. The van der Waals surface area contributed by atoms with Gasteiger partial charge in [0.1, 0.15) is 5.76 Å². The third kappa shape index (κ3) is 4.13. The molecule has 1 aromatic carbocycles.